The average molecular weight is 410 g/mol. The molecule has 0 unspecified atom stereocenters. The highest BCUT2D eigenvalue weighted by molar-refractivity contribution is 7.79. The van der Waals surface area contributed by atoms with Gasteiger partial charge in [0.1, 0.15) is 0 Å². The molecule has 0 aliphatic carbocycles. The molecule has 0 N–H and O–H groups in total. The van der Waals surface area contributed by atoms with Crippen molar-refractivity contribution in [2.24, 2.45) is 0 Å². The van der Waals surface area contributed by atoms with Crippen LogP contribution in [0.4, 0.5) is 0 Å². The van der Waals surface area contributed by atoms with Crippen LogP contribution in [0, 0.1) is 0 Å². The maximum atomic E-state index is 2.44. The number of likely N-dealkylation sites (N-methyl/N-ethyl adjacent to an activating group) is 1. The summed E-state index contributed by atoms with van der Waals surface area (Å²) in [6.45, 7) is 2.01. The van der Waals surface area contributed by atoms with Crippen molar-refractivity contribution in [2.45, 2.75) is 13.0 Å². The fourth-order valence-electron chi connectivity index (χ4n) is 3.78. The van der Waals surface area contributed by atoms with Gasteiger partial charge in [0, 0.05) is 13.1 Å². The highest BCUT2D eigenvalue weighted by Crippen LogP contribution is 2.34. The highest BCUT2D eigenvalue weighted by Gasteiger charge is 2.19. The Morgan fingerprint density at radius 3 is 1.70 bits per heavy atom. The van der Waals surface area contributed by atoms with Gasteiger partial charge in [-0.1, -0.05) is 115 Å². The van der Waals surface area contributed by atoms with Gasteiger partial charge in [0.15, 0.2) is 0 Å². The van der Waals surface area contributed by atoms with E-state index < -0.39 is 7.92 Å². The van der Waals surface area contributed by atoms with E-state index in [9.17, 15) is 0 Å². The summed E-state index contributed by atoms with van der Waals surface area (Å²) in [6.07, 6.45) is 1.08. The van der Waals surface area contributed by atoms with Gasteiger partial charge in [-0.05, 0) is 48.4 Å². The van der Waals surface area contributed by atoms with Crippen LogP contribution in [0.3, 0.4) is 0 Å². The molecule has 4 rings (SSSR count). The summed E-state index contributed by atoms with van der Waals surface area (Å²) in [5, 5.41) is 4.26. The molecule has 0 atom stereocenters. The third kappa shape index (κ3) is 5.25. The topological polar surface area (TPSA) is 3.24 Å². The number of hydrogen-bond donors (Lipinski definition) is 0. The molecule has 0 saturated heterocycles. The Labute approximate surface area is 181 Å². The Morgan fingerprint density at radius 1 is 0.600 bits per heavy atom. The molecule has 0 heterocycles. The van der Waals surface area contributed by atoms with Gasteiger partial charge in [-0.2, -0.15) is 0 Å². The second kappa shape index (κ2) is 10.3. The van der Waals surface area contributed by atoms with Crippen molar-refractivity contribution in [3.63, 3.8) is 0 Å². The lowest BCUT2D eigenvalue weighted by atomic mass is 10.1. The second-order valence-electron chi connectivity index (χ2n) is 7.61. The van der Waals surface area contributed by atoms with Crippen molar-refractivity contribution >= 4 is 23.8 Å². The van der Waals surface area contributed by atoms with Crippen molar-refractivity contribution in [1.29, 1.82) is 0 Å². The standard InChI is InChI=1S/C28H28NP/c1-29(22-21-24-13-5-2-6-14-24)23-25-15-11-12-20-28(25)30(26-16-7-3-8-17-26)27-18-9-4-10-19-27/h2-20H,21-23H2,1H3. The third-order valence-electron chi connectivity index (χ3n) is 5.33. The molecule has 0 radical (unpaired) electrons. The molecule has 1 nitrogen and oxygen atoms in total. The van der Waals surface area contributed by atoms with E-state index in [0.717, 1.165) is 19.5 Å². The summed E-state index contributed by atoms with van der Waals surface area (Å²) < 4.78 is 0. The maximum Gasteiger partial charge on any atom is 0.0237 e. The zero-order valence-electron chi connectivity index (χ0n) is 17.5. The second-order valence-corrected chi connectivity index (χ2v) is 9.79. The first-order valence-electron chi connectivity index (χ1n) is 10.5. The SMILES string of the molecule is CN(CCc1ccccc1)Cc1ccccc1P(c1ccccc1)c1ccccc1. The van der Waals surface area contributed by atoms with E-state index in [2.05, 4.69) is 127 Å². The van der Waals surface area contributed by atoms with Crippen LogP contribution in [-0.2, 0) is 13.0 Å². The van der Waals surface area contributed by atoms with Gasteiger partial charge in [0.25, 0.3) is 0 Å². The molecule has 4 aromatic carbocycles. The fraction of sp³-hybridized carbons (Fsp3) is 0.143. The first-order chi connectivity index (χ1) is 14.8. The molecule has 2 heteroatoms. The quantitative estimate of drug-likeness (QED) is 0.365. The Hall–Kier alpha value is -2.73. The van der Waals surface area contributed by atoms with Gasteiger partial charge in [-0.25, -0.2) is 0 Å². The Kier molecular flexibility index (Phi) is 7.08. The molecule has 0 amide bonds. The summed E-state index contributed by atoms with van der Waals surface area (Å²) in [7, 11) is 1.65. The Bertz CT molecular complexity index is 992. The van der Waals surface area contributed by atoms with Crippen LogP contribution < -0.4 is 15.9 Å². The number of nitrogens with zero attached hydrogens (tertiary/aromatic N) is 1. The van der Waals surface area contributed by atoms with Gasteiger partial charge in [-0.3, -0.25) is 0 Å². The maximum absolute atomic E-state index is 2.44. The molecule has 30 heavy (non-hydrogen) atoms. The Balaban J connectivity index is 1.60. The van der Waals surface area contributed by atoms with E-state index in [1.165, 1.54) is 27.0 Å². The van der Waals surface area contributed by atoms with E-state index in [-0.39, 0.29) is 0 Å². The number of benzene rings is 4. The summed E-state index contributed by atoms with van der Waals surface area (Å²) in [6, 6.07) is 41.7. The molecule has 0 spiro atoms. The summed E-state index contributed by atoms with van der Waals surface area (Å²) >= 11 is 0. The predicted octanol–water partition coefficient (Wildman–Crippen LogP) is 5.12. The Morgan fingerprint density at radius 2 is 1.10 bits per heavy atom. The van der Waals surface area contributed by atoms with Gasteiger partial charge in [-0.15, -0.1) is 0 Å². The van der Waals surface area contributed by atoms with E-state index in [4.69, 9.17) is 0 Å². The monoisotopic (exact) mass is 409 g/mol. The molecule has 150 valence electrons. The zero-order valence-corrected chi connectivity index (χ0v) is 18.4. The molecule has 0 aromatic heterocycles. The lowest BCUT2D eigenvalue weighted by Gasteiger charge is -2.25. The minimum absolute atomic E-state index is 0.577. The smallest absolute Gasteiger partial charge is 0.0237 e. The van der Waals surface area contributed by atoms with Crippen LogP contribution in [-0.4, -0.2) is 18.5 Å². The molecule has 0 aliphatic rings. The molecule has 0 bridgehead atoms. The lowest BCUT2D eigenvalue weighted by Crippen LogP contribution is -2.27. The molecular formula is C28H28NP. The van der Waals surface area contributed by atoms with Crippen LogP contribution in [0.15, 0.2) is 115 Å². The van der Waals surface area contributed by atoms with E-state index in [1.54, 1.807) is 0 Å². The van der Waals surface area contributed by atoms with Crippen molar-refractivity contribution in [1.82, 2.24) is 4.90 Å². The van der Waals surface area contributed by atoms with Crippen LogP contribution in [0.25, 0.3) is 0 Å². The van der Waals surface area contributed by atoms with Crippen LogP contribution in [0.1, 0.15) is 11.1 Å². The van der Waals surface area contributed by atoms with Crippen molar-refractivity contribution in [2.75, 3.05) is 13.6 Å². The summed E-state index contributed by atoms with van der Waals surface area (Å²) in [5.41, 5.74) is 2.82. The van der Waals surface area contributed by atoms with Gasteiger partial charge < -0.3 is 4.90 Å². The third-order valence-corrected chi connectivity index (χ3v) is 7.87. The number of hydrogen-bond acceptors (Lipinski definition) is 1. The van der Waals surface area contributed by atoms with Gasteiger partial charge in [0.2, 0.25) is 0 Å². The summed E-state index contributed by atoms with van der Waals surface area (Å²) in [5.74, 6) is 0. The van der Waals surface area contributed by atoms with Gasteiger partial charge in [0.05, 0.1) is 0 Å². The van der Waals surface area contributed by atoms with Crippen LogP contribution >= 0.6 is 7.92 Å². The largest absolute Gasteiger partial charge is 0.302 e. The molecule has 0 fully saturated rings. The average Bonchev–Trinajstić information content (AvgIpc) is 2.81. The fourth-order valence-corrected chi connectivity index (χ4v) is 6.24. The lowest BCUT2D eigenvalue weighted by molar-refractivity contribution is 0.332. The first-order valence-corrected chi connectivity index (χ1v) is 11.9. The first kappa shape index (κ1) is 20.5. The summed E-state index contributed by atoms with van der Waals surface area (Å²) in [4.78, 5) is 2.44. The molecule has 4 aromatic rings. The van der Waals surface area contributed by atoms with Crippen molar-refractivity contribution in [3.05, 3.63) is 126 Å². The van der Waals surface area contributed by atoms with Crippen LogP contribution in [0.5, 0.6) is 0 Å². The minimum atomic E-state index is -0.577. The molecule has 0 saturated carbocycles. The van der Waals surface area contributed by atoms with Gasteiger partial charge >= 0.3 is 0 Å². The number of rotatable bonds is 8. The molecular weight excluding hydrogens is 381 g/mol. The van der Waals surface area contributed by atoms with E-state index >= 15 is 0 Å². The van der Waals surface area contributed by atoms with E-state index in [1.807, 2.05) is 0 Å². The normalized spacial score (nSPS) is 11.2. The van der Waals surface area contributed by atoms with Crippen molar-refractivity contribution in [3.8, 4) is 0 Å². The zero-order chi connectivity index (χ0) is 20.6. The highest BCUT2D eigenvalue weighted by atomic mass is 31.1. The minimum Gasteiger partial charge on any atom is -0.302 e. The van der Waals surface area contributed by atoms with Crippen LogP contribution in [0.2, 0.25) is 0 Å². The van der Waals surface area contributed by atoms with Crippen molar-refractivity contribution < 1.29 is 0 Å². The predicted molar refractivity (Wildman–Crippen MR) is 132 cm³/mol. The molecule has 0 aliphatic heterocycles. The van der Waals surface area contributed by atoms with E-state index in [0.29, 0.717) is 0 Å².